The molecule has 0 aromatic heterocycles. The summed E-state index contributed by atoms with van der Waals surface area (Å²) in [6.07, 6.45) is 3.51. The van der Waals surface area contributed by atoms with Crippen LogP contribution in [0.4, 0.5) is 11.4 Å². The summed E-state index contributed by atoms with van der Waals surface area (Å²) in [5, 5.41) is 1.37. The molecule has 33 heavy (non-hydrogen) atoms. The Hall–Kier alpha value is -1.46. The Labute approximate surface area is 210 Å². The highest BCUT2D eigenvalue weighted by atomic mass is 35.5. The van der Waals surface area contributed by atoms with Gasteiger partial charge in [0.2, 0.25) is 0 Å². The van der Waals surface area contributed by atoms with E-state index in [1.807, 2.05) is 18.2 Å². The summed E-state index contributed by atoms with van der Waals surface area (Å²) in [7, 11) is 4.12. The van der Waals surface area contributed by atoms with E-state index < -0.39 is 0 Å². The second kappa shape index (κ2) is 11.8. The smallest absolute Gasteiger partial charge is 0.0847 e. The number of ether oxygens (including phenoxy) is 1. The predicted octanol–water partition coefficient (Wildman–Crippen LogP) is 6.94. The number of nitrogens with zero attached hydrogens (tertiary/aromatic N) is 3. The van der Waals surface area contributed by atoms with E-state index in [0.29, 0.717) is 16.7 Å². The molecule has 4 nitrogen and oxygen atoms in total. The quantitative estimate of drug-likeness (QED) is 0.335. The van der Waals surface area contributed by atoms with Gasteiger partial charge < -0.3 is 14.5 Å². The fraction of sp³-hybridized carbons (Fsp3) is 0.556. The first-order valence-electron chi connectivity index (χ1n) is 11.9. The lowest BCUT2D eigenvalue weighted by molar-refractivity contribution is 0.0548. The van der Waals surface area contributed by atoms with Crippen LogP contribution in [0.5, 0.6) is 0 Å². The summed E-state index contributed by atoms with van der Waals surface area (Å²) in [5.74, 6) is 0. The van der Waals surface area contributed by atoms with E-state index in [4.69, 9.17) is 27.9 Å². The Morgan fingerprint density at radius 1 is 0.970 bits per heavy atom. The van der Waals surface area contributed by atoms with Crippen LogP contribution in [0.2, 0.25) is 10.0 Å². The van der Waals surface area contributed by atoms with Gasteiger partial charge in [-0.1, -0.05) is 62.2 Å². The molecule has 1 heterocycles. The van der Waals surface area contributed by atoms with Gasteiger partial charge in [-0.05, 0) is 48.1 Å². The molecule has 0 spiro atoms. The van der Waals surface area contributed by atoms with Gasteiger partial charge in [0, 0.05) is 52.4 Å². The summed E-state index contributed by atoms with van der Waals surface area (Å²) in [4.78, 5) is 7.07. The number of para-hydroxylation sites is 1. The van der Waals surface area contributed by atoms with Gasteiger partial charge in [0.25, 0.3) is 0 Å². The van der Waals surface area contributed by atoms with Crippen molar-refractivity contribution in [3.63, 3.8) is 0 Å². The third-order valence-corrected chi connectivity index (χ3v) is 6.62. The molecule has 3 rings (SSSR count). The average molecular weight is 493 g/mol. The normalized spacial score (nSPS) is 15.6. The molecule has 0 aliphatic carbocycles. The van der Waals surface area contributed by atoms with Crippen molar-refractivity contribution >= 4 is 34.6 Å². The second-order valence-corrected chi connectivity index (χ2v) is 11.2. The van der Waals surface area contributed by atoms with Crippen LogP contribution in [0.25, 0.3) is 0 Å². The molecule has 0 saturated carbocycles. The van der Waals surface area contributed by atoms with Crippen molar-refractivity contribution in [2.75, 3.05) is 50.2 Å². The van der Waals surface area contributed by atoms with E-state index in [9.17, 15) is 0 Å². The molecule has 1 saturated heterocycles. The molecule has 1 unspecified atom stereocenters. The average Bonchev–Trinajstić information content (AvgIpc) is 3.27. The Balaban J connectivity index is 1.91. The minimum Gasteiger partial charge on any atom is -0.381 e. The lowest BCUT2D eigenvalue weighted by Crippen LogP contribution is -2.48. The molecule has 1 fully saturated rings. The highest BCUT2D eigenvalue weighted by Crippen LogP contribution is 2.37. The van der Waals surface area contributed by atoms with E-state index in [1.54, 1.807) is 0 Å². The fourth-order valence-corrected chi connectivity index (χ4v) is 4.95. The van der Waals surface area contributed by atoms with Crippen LogP contribution in [0.3, 0.4) is 0 Å². The first kappa shape index (κ1) is 26.2. The predicted molar refractivity (Wildman–Crippen MR) is 143 cm³/mol. The van der Waals surface area contributed by atoms with E-state index in [2.05, 4.69) is 73.8 Å². The van der Waals surface area contributed by atoms with E-state index >= 15 is 0 Å². The maximum Gasteiger partial charge on any atom is 0.0847 e. The lowest BCUT2D eigenvalue weighted by Gasteiger charge is -2.40. The fourth-order valence-electron chi connectivity index (χ4n) is 4.34. The minimum absolute atomic E-state index is 0.156. The molecule has 1 atom stereocenters. The number of benzene rings is 2. The van der Waals surface area contributed by atoms with Crippen molar-refractivity contribution in [3.8, 4) is 0 Å². The van der Waals surface area contributed by atoms with Gasteiger partial charge in [-0.3, -0.25) is 4.90 Å². The summed E-state index contributed by atoms with van der Waals surface area (Å²) >= 11 is 13.5. The van der Waals surface area contributed by atoms with Crippen molar-refractivity contribution in [1.82, 2.24) is 4.90 Å². The number of halogens is 2. The van der Waals surface area contributed by atoms with Gasteiger partial charge in [0.05, 0.1) is 28.5 Å². The first-order valence-corrected chi connectivity index (χ1v) is 12.7. The third-order valence-electron chi connectivity index (χ3n) is 6.01. The largest absolute Gasteiger partial charge is 0.381 e. The van der Waals surface area contributed by atoms with Crippen molar-refractivity contribution < 1.29 is 4.74 Å². The lowest BCUT2D eigenvalue weighted by atomic mass is 9.99. The molecule has 1 aliphatic heterocycles. The number of anilines is 2. The standard InChI is InChI=1S/C27H39Cl2N3O/c1-27(2,3)20-33-18-15-25(31-16-6-7-17-31)32(26-23(28)9-8-10-24(26)29)19-21-11-13-22(14-12-21)30(4)5/h8-14,25H,6-7,15-20H2,1-5H3. The number of hydrogen-bond donors (Lipinski definition) is 0. The zero-order valence-corrected chi connectivity index (χ0v) is 22.3. The van der Waals surface area contributed by atoms with Gasteiger partial charge >= 0.3 is 0 Å². The zero-order chi connectivity index (χ0) is 24.0. The maximum atomic E-state index is 6.75. The Bertz CT molecular complexity index is 854. The Morgan fingerprint density at radius 3 is 2.12 bits per heavy atom. The summed E-state index contributed by atoms with van der Waals surface area (Å²) in [6, 6.07) is 14.5. The van der Waals surface area contributed by atoms with Gasteiger partial charge in [-0.25, -0.2) is 0 Å². The molecule has 0 bridgehead atoms. The van der Waals surface area contributed by atoms with Crippen LogP contribution in [0.1, 0.15) is 45.6 Å². The van der Waals surface area contributed by atoms with Crippen molar-refractivity contribution in [3.05, 3.63) is 58.1 Å². The SMILES string of the molecule is CN(C)c1ccc(CN(c2c(Cl)cccc2Cl)C(CCOCC(C)(C)C)N2CCCC2)cc1. The van der Waals surface area contributed by atoms with E-state index in [0.717, 1.165) is 38.3 Å². The Morgan fingerprint density at radius 2 is 1.58 bits per heavy atom. The topological polar surface area (TPSA) is 19.0 Å². The van der Waals surface area contributed by atoms with Crippen LogP contribution in [-0.4, -0.2) is 51.5 Å². The highest BCUT2D eigenvalue weighted by Gasteiger charge is 2.30. The third kappa shape index (κ3) is 7.51. The van der Waals surface area contributed by atoms with Gasteiger partial charge in [0.15, 0.2) is 0 Å². The first-order chi connectivity index (χ1) is 15.7. The summed E-state index contributed by atoms with van der Waals surface area (Å²) in [5.41, 5.74) is 3.48. The molecule has 6 heteroatoms. The van der Waals surface area contributed by atoms with Gasteiger partial charge in [-0.2, -0.15) is 0 Å². The van der Waals surface area contributed by atoms with Crippen LogP contribution in [0, 0.1) is 5.41 Å². The highest BCUT2D eigenvalue weighted by molar-refractivity contribution is 6.39. The molecular weight excluding hydrogens is 453 g/mol. The second-order valence-electron chi connectivity index (χ2n) is 10.4. The molecule has 0 amide bonds. The van der Waals surface area contributed by atoms with E-state index in [-0.39, 0.29) is 11.6 Å². The van der Waals surface area contributed by atoms with Crippen molar-refractivity contribution in [2.45, 2.75) is 52.7 Å². The van der Waals surface area contributed by atoms with Crippen LogP contribution in [-0.2, 0) is 11.3 Å². The van der Waals surface area contributed by atoms with Crippen LogP contribution < -0.4 is 9.80 Å². The van der Waals surface area contributed by atoms with Gasteiger partial charge in [-0.15, -0.1) is 0 Å². The molecule has 0 radical (unpaired) electrons. The number of hydrogen-bond acceptors (Lipinski definition) is 4. The minimum atomic E-state index is 0.156. The maximum absolute atomic E-state index is 6.75. The molecular formula is C27H39Cl2N3O. The monoisotopic (exact) mass is 491 g/mol. The van der Waals surface area contributed by atoms with Crippen LogP contribution in [0.15, 0.2) is 42.5 Å². The Kier molecular flexibility index (Phi) is 9.34. The summed E-state index contributed by atoms with van der Waals surface area (Å²) < 4.78 is 6.10. The van der Waals surface area contributed by atoms with Crippen molar-refractivity contribution in [1.29, 1.82) is 0 Å². The zero-order valence-electron chi connectivity index (χ0n) is 20.8. The number of rotatable bonds is 10. The van der Waals surface area contributed by atoms with Crippen molar-refractivity contribution in [2.24, 2.45) is 5.41 Å². The van der Waals surface area contributed by atoms with E-state index in [1.165, 1.54) is 24.1 Å². The van der Waals surface area contributed by atoms with Gasteiger partial charge in [0.1, 0.15) is 0 Å². The molecule has 2 aromatic carbocycles. The molecule has 1 aliphatic rings. The number of likely N-dealkylation sites (tertiary alicyclic amines) is 1. The molecule has 0 N–H and O–H groups in total. The van der Waals surface area contributed by atoms with Crippen LogP contribution >= 0.6 is 23.2 Å². The summed E-state index contributed by atoms with van der Waals surface area (Å²) in [6.45, 7) is 11.0. The molecule has 182 valence electrons. The molecule has 2 aromatic rings.